The van der Waals surface area contributed by atoms with Crippen LogP contribution in [-0.4, -0.2) is 72.6 Å². The highest BCUT2D eigenvalue weighted by molar-refractivity contribution is 5.92. The molecule has 2 heterocycles. The first-order valence-corrected chi connectivity index (χ1v) is 12.5. The summed E-state index contributed by atoms with van der Waals surface area (Å²) in [6, 6.07) is 18.8. The van der Waals surface area contributed by atoms with E-state index >= 15 is 0 Å². The third-order valence-electron chi connectivity index (χ3n) is 6.23. The molecular formula is C28H33FN4O4. The number of amides is 3. The topological polar surface area (TPSA) is 78.3 Å². The van der Waals surface area contributed by atoms with Crippen LogP contribution in [0.3, 0.4) is 0 Å². The molecule has 3 amide bonds. The average Bonchev–Trinajstić information content (AvgIpc) is 3.33. The Labute approximate surface area is 216 Å². The fourth-order valence-electron chi connectivity index (χ4n) is 4.15. The predicted octanol–water partition coefficient (Wildman–Crippen LogP) is 4.12. The molecule has 0 unspecified atom stereocenters. The Hall–Kier alpha value is -3.69. The van der Waals surface area contributed by atoms with Gasteiger partial charge in [-0.25, -0.2) is 9.18 Å². The normalized spacial score (nSPS) is 13.8. The van der Waals surface area contributed by atoms with Crippen molar-refractivity contribution < 1.29 is 23.1 Å². The Balaban J connectivity index is 1.50. The first-order valence-electron chi connectivity index (χ1n) is 12.5. The monoisotopic (exact) mass is 508 g/mol. The third-order valence-corrected chi connectivity index (χ3v) is 6.23. The Morgan fingerprint density at radius 2 is 1.68 bits per heavy atom. The molecule has 1 fully saturated rings. The minimum atomic E-state index is -0.533. The van der Waals surface area contributed by atoms with Crippen LogP contribution < -0.4 is 5.32 Å². The number of carbonyl (C=O) groups is 2. The highest BCUT2D eigenvalue weighted by Crippen LogP contribution is 2.16. The zero-order valence-corrected chi connectivity index (χ0v) is 21.1. The number of halogens is 1. The molecule has 196 valence electrons. The summed E-state index contributed by atoms with van der Waals surface area (Å²) >= 11 is 0. The Bertz CT molecular complexity index is 1160. The minimum Gasteiger partial charge on any atom is -0.464 e. The fourth-order valence-corrected chi connectivity index (χ4v) is 4.15. The van der Waals surface area contributed by atoms with E-state index in [-0.39, 0.29) is 24.7 Å². The van der Waals surface area contributed by atoms with E-state index < -0.39 is 11.8 Å². The number of carbonyl (C=O) groups excluding carboxylic acids is 2. The third kappa shape index (κ3) is 7.90. The number of hydrogen-bond donors (Lipinski definition) is 1. The van der Waals surface area contributed by atoms with Crippen molar-refractivity contribution in [3.8, 4) is 0 Å². The number of rotatable bonds is 10. The van der Waals surface area contributed by atoms with Crippen LogP contribution in [0, 0.1) is 12.7 Å². The van der Waals surface area contributed by atoms with Crippen LogP contribution in [-0.2, 0) is 22.6 Å². The van der Waals surface area contributed by atoms with Gasteiger partial charge < -0.3 is 24.3 Å². The first-order chi connectivity index (χ1) is 18.0. The van der Waals surface area contributed by atoms with Crippen molar-refractivity contribution in [2.75, 3.05) is 51.3 Å². The molecule has 2 aromatic carbocycles. The highest BCUT2D eigenvalue weighted by atomic mass is 19.1. The number of urea groups is 1. The maximum atomic E-state index is 14.2. The van der Waals surface area contributed by atoms with Gasteiger partial charge in [0, 0.05) is 32.7 Å². The Morgan fingerprint density at radius 3 is 2.38 bits per heavy atom. The van der Waals surface area contributed by atoms with Gasteiger partial charge in [0.15, 0.2) is 0 Å². The summed E-state index contributed by atoms with van der Waals surface area (Å²) in [5, 5.41) is 2.62. The van der Waals surface area contributed by atoms with Gasteiger partial charge in [0.1, 0.15) is 23.9 Å². The quantitative estimate of drug-likeness (QED) is 0.446. The zero-order chi connectivity index (χ0) is 26.0. The minimum absolute atomic E-state index is 0.0727. The van der Waals surface area contributed by atoms with Crippen molar-refractivity contribution in [3.05, 3.63) is 89.6 Å². The summed E-state index contributed by atoms with van der Waals surface area (Å²) in [4.78, 5) is 32.1. The zero-order valence-electron chi connectivity index (χ0n) is 21.1. The van der Waals surface area contributed by atoms with Crippen molar-refractivity contribution in [2.24, 2.45) is 0 Å². The highest BCUT2D eigenvalue weighted by Gasteiger charge is 2.24. The largest absolute Gasteiger partial charge is 0.464 e. The lowest BCUT2D eigenvalue weighted by Crippen LogP contribution is -2.48. The van der Waals surface area contributed by atoms with Gasteiger partial charge in [-0.05, 0) is 36.8 Å². The fraction of sp³-hybridized carbons (Fsp3) is 0.357. The number of benzene rings is 2. The van der Waals surface area contributed by atoms with Crippen LogP contribution in [0.15, 0.2) is 71.1 Å². The maximum Gasteiger partial charge on any atom is 0.322 e. The summed E-state index contributed by atoms with van der Waals surface area (Å²) in [5.41, 5.74) is 1.04. The van der Waals surface area contributed by atoms with Gasteiger partial charge in [-0.3, -0.25) is 9.69 Å². The molecule has 1 aromatic heterocycles. The summed E-state index contributed by atoms with van der Waals surface area (Å²) in [6.07, 6.45) is 0. The number of furan rings is 1. The van der Waals surface area contributed by atoms with Crippen molar-refractivity contribution in [1.29, 1.82) is 0 Å². The molecule has 3 aromatic rings. The van der Waals surface area contributed by atoms with E-state index in [9.17, 15) is 14.0 Å². The van der Waals surface area contributed by atoms with E-state index in [1.165, 1.54) is 17.0 Å². The smallest absolute Gasteiger partial charge is 0.322 e. The van der Waals surface area contributed by atoms with E-state index in [1.807, 2.05) is 49.4 Å². The van der Waals surface area contributed by atoms with Gasteiger partial charge in [-0.1, -0.05) is 42.5 Å². The number of ether oxygens (including phenoxy) is 1. The maximum absolute atomic E-state index is 14.2. The van der Waals surface area contributed by atoms with Crippen LogP contribution in [0.25, 0.3) is 0 Å². The Kier molecular flexibility index (Phi) is 9.29. The number of morpholine rings is 1. The lowest BCUT2D eigenvalue weighted by atomic mass is 10.2. The molecule has 37 heavy (non-hydrogen) atoms. The molecule has 4 rings (SSSR count). The number of nitrogens with zero attached hydrogens (tertiary/aromatic N) is 3. The molecule has 0 spiro atoms. The molecule has 1 N–H and O–H groups in total. The summed E-state index contributed by atoms with van der Waals surface area (Å²) in [6.45, 7) is 6.01. The molecule has 0 atom stereocenters. The van der Waals surface area contributed by atoms with Gasteiger partial charge in [0.25, 0.3) is 0 Å². The molecule has 0 saturated carbocycles. The molecule has 9 heteroatoms. The SMILES string of the molecule is Cc1ccc(CN(Cc2ccccc2)C(=O)CN(CCN2CCOCC2)C(=O)Nc2ccccc2F)o1. The summed E-state index contributed by atoms with van der Waals surface area (Å²) in [7, 11) is 0. The van der Waals surface area contributed by atoms with Crippen molar-refractivity contribution >= 4 is 17.6 Å². The first kappa shape index (κ1) is 26.4. The van der Waals surface area contributed by atoms with E-state index in [2.05, 4.69) is 10.2 Å². The summed E-state index contributed by atoms with van der Waals surface area (Å²) < 4.78 is 25.4. The number of para-hydroxylation sites is 1. The second-order valence-corrected chi connectivity index (χ2v) is 9.03. The van der Waals surface area contributed by atoms with E-state index in [0.29, 0.717) is 38.6 Å². The van der Waals surface area contributed by atoms with Crippen LogP contribution in [0.4, 0.5) is 14.9 Å². The van der Waals surface area contributed by atoms with Gasteiger partial charge in [0.2, 0.25) is 5.91 Å². The van der Waals surface area contributed by atoms with Crippen molar-refractivity contribution in [3.63, 3.8) is 0 Å². The van der Waals surface area contributed by atoms with Crippen molar-refractivity contribution in [2.45, 2.75) is 20.0 Å². The van der Waals surface area contributed by atoms with E-state index in [0.717, 1.165) is 24.4 Å². The van der Waals surface area contributed by atoms with Crippen LogP contribution >= 0.6 is 0 Å². The molecule has 0 radical (unpaired) electrons. The molecule has 0 bridgehead atoms. The lowest BCUT2D eigenvalue weighted by molar-refractivity contribution is -0.133. The van der Waals surface area contributed by atoms with Crippen molar-refractivity contribution in [1.82, 2.24) is 14.7 Å². The molecule has 1 aliphatic rings. The number of anilines is 1. The van der Waals surface area contributed by atoms with Crippen LogP contribution in [0.5, 0.6) is 0 Å². The summed E-state index contributed by atoms with van der Waals surface area (Å²) in [5.74, 6) is 0.661. The molecule has 8 nitrogen and oxygen atoms in total. The van der Waals surface area contributed by atoms with Gasteiger partial charge in [-0.15, -0.1) is 0 Å². The molecule has 0 aliphatic carbocycles. The molecular weight excluding hydrogens is 475 g/mol. The second-order valence-electron chi connectivity index (χ2n) is 9.03. The van der Waals surface area contributed by atoms with E-state index in [1.54, 1.807) is 17.0 Å². The predicted molar refractivity (Wildman–Crippen MR) is 138 cm³/mol. The van der Waals surface area contributed by atoms with E-state index in [4.69, 9.17) is 9.15 Å². The molecule has 1 saturated heterocycles. The molecule has 1 aliphatic heterocycles. The number of nitrogens with one attached hydrogen (secondary N) is 1. The van der Waals surface area contributed by atoms with Gasteiger partial charge in [0.05, 0.1) is 25.4 Å². The number of aryl methyl sites for hydroxylation is 1. The van der Waals surface area contributed by atoms with Crippen LogP contribution in [0.1, 0.15) is 17.1 Å². The van der Waals surface area contributed by atoms with Crippen LogP contribution in [0.2, 0.25) is 0 Å². The average molecular weight is 509 g/mol. The standard InChI is InChI=1S/C28H33FN4O4/c1-22-11-12-24(37-22)20-33(19-23-7-3-2-4-8-23)27(34)21-32(14-13-31-15-17-36-18-16-31)28(35)30-26-10-6-5-9-25(26)29/h2-12H,13-21H2,1H3,(H,30,35). The van der Waals surface area contributed by atoms with Gasteiger partial charge >= 0.3 is 6.03 Å². The number of hydrogen-bond acceptors (Lipinski definition) is 5. The Morgan fingerprint density at radius 1 is 0.946 bits per heavy atom. The van der Waals surface area contributed by atoms with Gasteiger partial charge in [-0.2, -0.15) is 0 Å². The second kappa shape index (κ2) is 13.0. The lowest BCUT2D eigenvalue weighted by Gasteiger charge is -2.31.